The van der Waals surface area contributed by atoms with E-state index in [1.807, 2.05) is 18.2 Å². The molecule has 0 saturated heterocycles. The lowest BCUT2D eigenvalue weighted by Gasteiger charge is -2.31. The first-order valence-corrected chi connectivity index (χ1v) is 12.1. The first-order valence-electron chi connectivity index (χ1n) is 10.2. The lowest BCUT2D eigenvalue weighted by atomic mass is 10.0. The van der Waals surface area contributed by atoms with Crippen LogP contribution in [-0.4, -0.2) is 46.3 Å². The second kappa shape index (κ2) is 10.6. The van der Waals surface area contributed by atoms with Crippen molar-refractivity contribution < 1.29 is 8.42 Å². The summed E-state index contributed by atoms with van der Waals surface area (Å²) in [7, 11) is -1.40. The largest absolute Gasteiger partial charge is 0.356 e. The van der Waals surface area contributed by atoms with Crippen LogP contribution >= 0.6 is 0 Å². The summed E-state index contributed by atoms with van der Waals surface area (Å²) in [5.74, 6) is 0.741. The number of hydrogen-bond donors (Lipinski definition) is 3. The van der Waals surface area contributed by atoms with E-state index in [1.54, 1.807) is 19.2 Å². The van der Waals surface area contributed by atoms with Crippen LogP contribution in [0, 0.1) is 0 Å². The van der Waals surface area contributed by atoms with Crippen LogP contribution in [0.5, 0.6) is 0 Å². The van der Waals surface area contributed by atoms with Crippen LogP contribution in [0.15, 0.2) is 64.5 Å². The molecule has 0 bridgehead atoms. The number of rotatable bonds is 9. The van der Waals surface area contributed by atoms with Crippen molar-refractivity contribution in [1.29, 1.82) is 0 Å². The van der Waals surface area contributed by atoms with E-state index in [0.29, 0.717) is 18.0 Å². The Morgan fingerprint density at radius 3 is 2.23 bits per heavy atom. The Labute approximate surface area is 181 Å². The zero-order valence-corrected chi connectivity index (χ0v) is 19.4. The van der Waals surface area contributed by atoms with E-state index in [4.69, 9.17) is 0 Å². The Bertz CT molecular complexity index is 923. The topological polar surface area (TPSA) is 82.6 Å². The first kappa shape index (κ1) is 23.9. The van der Waals surface area contributed by atoms with Crippen LogP contribution in [-0.2, 0) is 16.3 Å². The number of sulfone groups is 1. The molecule has 0 aliphatic heterocycles. The molecule has 0 heterocycles. The van der Waals surface area contributed by atoms with Gasteiger partial charge in [0.2, 0.25) is 0 Å². The maximum Gasteiger partial charge on any atom is 0.191 e. The van der Waals surface area contributed by atoms with E-state index >= 15 is 0 Å². The molecule has 1 unspecified atom stereocenters. The summed E-state index contributed by atoms with van der Waals surface area (Å²) < 4.78 is 23.1. The van der Waals surface area contributed by atoms with E-state index in [0.717, 1.165) is 17.9 Å². The predicted molar refractivity (Wildman–Crippen MR) is 125 cm³/mol. The van der Waals surface area contributed by atoms with Gasteiger partial charge in [-0.15, -0.1) is 0 Å². The maximum absolute atomic E-state index is 11.5. The molecule has 0 amide bonds. The summed E-state index contributed by atoms with van der Waals surface area (Å²) in [5.41, 5.74) is 2.20. The number of hydrogen-bond acceptors (Lipinski definition) is 4. The molecule has 0 fully saturated rings. The van der Waals surface area contributed by atoms with Crippen LogP contribution in [0.2, 0.25) is 0 Å². The minimum absolute atomic E-state index is 0.131. The second-order valence-electron chi connectivity index (χ2n) is 8.18. The molecule has 1 atom stereocenters. The van der Waals surface area contributed by atoms with Crippen LogP contribution in [0.4, 0.5) is 0 Å². The molecule has 164 valence electrons. The lowest BCUT2D eigenvalue weighted by Crippen LogP contribution is -2.52. The Kier molecular flexibility index (Phi) is 8.43. The van der Waals surface area contributed by atoms with Crippen molar-refractivity contribution in [2.24, 2.45) is 4.99 Å². The molecule has 2 rings (SSSR count). The molecule has 2 aromatic carbocycles. The van der Waals surface area contributed by atoms with Gasteiger partial charge >= 0.3 is 0 Å². The third-order valence-electron chi connectivity index (χ3n) is 4.89. The molecule has 0 spiro atoms. The highest BCUT2D eigenvalue weighted by Gasteiger charge is 2.21. The summed E-state index contributed by atoms with van der Waals surface area (Å²) >= 11 is 0. The molecular formula is C23H34N4O2S. The summed E-state index contributed by atoms with van der Waals surface area (Å²) in [4.78, 5) is 4.64. The van der Waals surface area contributed by atoms with Crippen LogP contribution in [0.25, 0.3) is 0 Å². The number of guanidine groups is 1. The normalized spacial score (nSPS) is 13.7. The summed E-state index contributed by atoms with van der Waals surface area (Å²) in [5, 5.41) is 10.3. The minimum Gasteiger partial charge on any atom is -0.356 e. The maximum atomic E-state index is 11.5. The molecule has 3 N–H and O–H groups in total. The molecule has 0 saturated carbocycles. The van der Waals surface area contributed by atoms with Crippen LogP contribution < -0.4 is 16.0 Å². The fraction of sp³-hybridized carbons (Fsp3) is 0.435. The highest BCUT2D eigenvalue weighted by atomic mass is 32.2. The van der Waals surface area contributed by atoms with Gasteiger partial charge in [-0.3, -0.25) is 4.99 Å². The SMILES string of the molecule is CN=C(NCCc1ccc(S(C)(=O)=O)cc1)NCC(C)(C)NC(C)c1ccccc1. The number of nitrogens with one attached hydrogen (secondary N) is 3. The van der Waals surface area contributed by atoms with Gasteiger partial charge in [-0.2, -0.15) is 0 Å². The lowest BCUT2D eigenvalue weighted by molar-refractivity contribution is 0.345. The van der Waals surface area contributed by atoms with E-state index in [9.17, 15) is 8.42 Å². The van der Waals surface area contributed by atoms with Crippen molar-refractivity contribution in [2.75, 3.05) is 26.4 Å². The van der Waals surface area contributed by atoms with Gasteiger partial charge in [0.25, 0.3) is 0 Å². The summed E-state index contributed by atoms with van der Waals surface area (Å²) in [6, 6.07) is 17.6. The van der Waals surface area contributed by atoms with Crippen molar-refractivity contribution in [1.82, 2.24) is 16.0 Å². The molecule has 6 nitrogen and oxygen atoms in total. The molecular weight excluding hydrogens is 396 g/mol. The fourth-order valence-corrected chi connectivity index (χ4v) is 3.85. The van der Waals surface area contributed by atoms with Gasteiger partial charge in [-0.05, 0) is 50.5 Å². The Morgan fingerprint density at radius 1 is 1.03 bits per heavy atom. The van der Waals surface area contributed by atoms with E-state index in [1.165, 1.54) is 11.8 Å². The average molecular weight is 431 g/mol. The van der Waals surface area contributed by atoms with E-state index in [-0.39, 0.29) is 11.6 Å². The van der Waals surface area contributed by atoms with Gasteiger partial charge in [0.15, 0.2) is 15.8 Å². The zero-order chi connectivity index (χ0) is 22.2. The number of aliphatic imine (C=N–C) groups is 1. The van der Waals surface area contributed by atoms with Gasteiger partial charge in [0, 0.05) is 38.0 Å². The van der Waals surface area contributed by atoms with Gasteiger partial charge < -0.3 is 16.0 Å². The molecule has 7 heteroatoms. The van der Waals surface area contributed by atoms with E-state index in [2.05, 4.69) is 66.0 Å². The Hall–Kier alpha value is -2.38. The Morgan fingerprint density at radius 2 is 1.67 bits per heavy atom. The van der Waals surface area contributed by atoms with Crippen molar-refractivity contribution in [3.63, 3.8) is 0 Å². The quantitative estimate of drug-likeness (QED) is 0.421. The Balaban J connectivity index is 1.80. The molecule has 0 aromatic heterocycles. The molecule has 30 heavy (non-hydrogen) atoms. The first-order chi connectivity index (χ1) is 14.1. The van der Waals surface area contributed by atoms with E-state index < -0.39 is 9.84 Å². The second-order valence-corrected chi connectivity index (χ2v) is 10.2. The average Bonchev–Trinajstić information content (AvgIpc) is 2.70. The zero-order valence-electron chi connectivity index (χ0n) is 18.6. The minimum atomic E-state index is -3.16. The van der Waals surface area contributed by atoms with Crippen molar-refractivity contribution in [2.45, 2.75) is 43.7 Å². The molecule has 2 aromatic rings. The highest BCUT2D eigenvalue weighted by Crippen LogP contribution is 2.15. The smallest absolute Gasteiger partial charge is 0.191 e. The molecule has 0 radical (unpaired) electrons. The van der Waals surface area contributed by atoms with Gasteiger partial charge in [-0.25, -0.2) is 8.42 Å². The van der Waals surface area contributed by atoms with Crippen molar-refractivity contribution in [3.8, 4) is 0 Å². The standard InChI is InChI=1S/C23H34N4O2S/c1-18(20-9-7-6-8-10-20)27-23(2,3)17-26-22(24-4)25-16-15-19-11-13-21(14-12-19)30(5,28)29/h6-14,18,27H,15-17H2,1-5H3,(H2,24,25,26). The predicted octanol–water partition coefficient (Wildman–Crippen LogP) is 2.93. The number of nitrogens with zero attached hydrogens (tertiary/aromatic N) is 1. The van der Waals surface area contributed by atoms with Crippen molar-refractivity contribution >= 4 is 15.8 Å². The summed E-state index contributed by atoms with van der Waals surface area (Å²) in [6.07, 6.45) is 1.99. The molecule has 0 aliphatic rings. The number of benzene rings is 2. The monoisotopic (exact) mass is 430 g/mol. The third kappa shape index (κ3) is 7.80. The highest BCUT2D eigenvalue weighted by molar-refractivity contribution is 7.90. The van der Waals surface area contributed by atoms with Gasteiger partial charge in [0.1, 0.15) is 0 Å². The summed E-state index contributed by atoms with van der Waals surface area (Å²) in [6.45, 7) is 7.91. The van der Waals surface area contributed by atoms with Gasteiger partial charge in [0.05, 0.1) is 4.90 Å². The van der Waals surface area contributed by atoms with Crippen molar-refractivity contribution in [3.05, 3.63) is 65.7 Å². The van der Waals surface area contributed by atoms with Crippen LogP contribution in [0.1, 0.15) is 37.9 Å². The fourth-order valence-electron chi connectivity index (χ4n) is 3.22. The third-order valence-corrected chi connectivity index (χ3v) is 6.01. The van der Waals surface area contributed by atoms with Crippen LogP contribution in [0.3, 0.4) is 0 Å². The molecule has 0 aliphatic carbocycles. The van der Waals surface area contributed by atoms with Gasteiger partial charge in [-0.1, -0.05) is 42.5 Å².